The smallest absolute Gasteiger partial charge is 0.141 e. The van der Waals surface area contributed by atoms with Gasteiger partial charge in [-0.25, -0.2) is 9.97 Å². The summed E-state index contributed by atoms with van der Waals surface area (Å²) in [4.78, 5) is 10.5. The van der Waals surface area contributed by atoms with Crippen LogP contribution in [-0.2, 0) is 26.2 Å². The molecule has 0 aliphatic heterocycles. The molecule has 0 spiro atoms. The maximum absolute atomic E-state index is 5.25. The lowest BCUT2D eigenvalue weighted by Gasteiger charge is -2.13. The lowest BCUT2D eigenvalue weighted by Crippen LogP contribution is -2.03. The lowest BCUT2D eigenvalue weighted by atomic mass is 10.1. The molecule has 0 N–H and O–H groups in total. The van der Waals surface area contributed by atoms with Crippen LogP contribution < -0.4 is 0 Å². The molecule has 306 valence electrons. The highest BCUT2D eigenvalue weighted by atomic mass is 15.1. The molecule has 62 heavy (non-hydrogen) atoms. The molecule has 0 saturated carbocycles. The molecule has 0 aliphatic carbocycles. The second kappa shape index (κ2) is 16.9. The number of aryl methyl sites for hydroxylation is 4. The highest BCUT2D eigenvalue weighted by molar-refractivity contribution is 6.08. The van der Waals surface area contributed by atoms with E-state index in [2.05, 4.69) is 188 Å². The fraction of sp³-hybridized carbons (Fsp3) is 0.214. The largest absolute Gasteiger partial charge is 0.340 e. The molecule has 6 heteroatoms. The van der Waals surface area contributed by atoms with Crippen LogP contribution in [0.2, 0.25) is 0 Å². The van der Waals surface area contributed by atoms with Crippen LogP contribution in [0.4, 0.5) is 0 Å². The van der Waals surface area contributed by atoms with Crippen LogP contribution in [0.3, 0.4) is 0 Å². The summed E-state index contributed by atoms with van der Waals surface area (Å²) in [6, 6.07) is 61.5. The topological polar surface area (TPSA) is 45.5 Å². The van der Waals surface area contributed by atoms with Crippen molar-refractivity contribution in [1.29, 1.82) is 0 Å². The highest BCUT2D eigenvalue weighted by Gasteiger charge is 2.17. The van der Waals surface area contributed by atoms with Gasteiger partial charge in [0.05, 0.1) is 22.1 Å². The summed E-state index contributed by atoms with van der Waals surface area (Å²) >= 11 is 0. The van der Waals surface area contributed by atoms with E-state index in [-0.39, 0.29) is 0 Å². The molecular formula is C56H52N6. The normalized spacial score (nSPS) is 12.0. The van der Waals surface area contributed by atoms with E-state index in [9.17, 15) is 0 Å². The number of rotatable bonds is 16. The zero-order chi connectivity index (χ0) is 41.2. The van der Waals surface area contributed by atoms with Crippen molar-refractivity contribution >= 4 is 65.7 Å². The molecular weight excluding hydrogens is 757 g/mol. The summed E-state index contributed by atoms with van der Waals surface area (Å²) < 4.78 is 9.93. The first kappa shape index (κ1) is 38.0. The number of fused-ring (bicyclic) bond motifs is 8. The standard InChI is InChI=1S/C56H52N6/c1(17-36-59-49-30-11-5-24-43(49)44-25-6-12-31-50(44)59)3-19-38-61-53-34-15-9-28-47(53)57-55(61)41-22-21-23-42(40-41)56-58-48-29-10-16-35-54(48)62(56)39-20-4-2-18-37-60-51-32-13-7-26-45(51)46-27-8-14-33-52(46)60/h5-16,21-35,40H,1-4,17-20,36-39H2. The van der Waals surface area contributed by atoms with E-state index in [4.69, 9.17) is 9.97 Å². The van der Waals surface area contributed by atoms with Gasteiger partial charge in [0.15, 0.2) is 0 Å². The molecule has 0 amide bonds. The number of para-hydroxylation sites is 8. The fourth-order valence-corrected chi connectivity index (χ4v) is 10.1. The molecule has 0 radical (unpaired) electrons. The summed E-state index contributed by atoms with van der Waals surface area (Å²) in [5.41, 5.74) is 12.1. The van der Waals surface area contributed by atoms with Crippen LogP contribution in [0.1, 0.15) is 51.4 Å². The molecule has 4 heterocycles. The molecule has 0 unspecified atom stereocenters. The van der Waals surface area contributed by atoms with Gasteiger partial charge < -0.3 is 18.3 Å². The van der Waals surface area contributed by atoms with Crippen LogP contribution in [0.15, 0.2) is 170 Å². The molecule has 7 aromatic carbocycles. The Bertz CT molecular complexity index is 3010. The van der Waals surface area contributed by atoms with Gasteiger partial charge in [-0.1, -0.05) is 141 Å². The van der Waals surface area contributed by atoms with Gasteiger partial charge in [-0.15, -0.1) is 0 Å². The third-order valence-electron chi connectivity index (χ3n) is 13.1. The summed E-state index contributed by atoms with van der Waals surface area (Å²) in [5.74, 6) is 2.06. The minimum Gasteiger partial charge on any atom is -0.340 e. The summed E-state index contributed by atoms with van der Waals surface area (Å²) in [6.45, 7) is 3.94. The Hall–Kier alpha value is -6.92. The first-order chi connectivity index (χ1) is 30.8. The number of unbranched alkanes of at least 4 members (excludes halogenated alkanes) is 6. The van der Waals surface area contributed by atoms with Gasteiger partial charge in [0, 0.05) is 80.9 Å². The molecule has 0 fully saturated rings. The van der Waals surface area contributed by atoms with Crippen LogP contribution in [-0.4, -0.2) is 28.2 Å². The minimum atomic E-state index is 0.935. The van der Waals surface area contributed by atoms with Gasteiger partial charge >= 0.3 is 0 Å². The number of aromatic nitrogens is 6. The van der Waals surface area contributed by atoms with Gasteiger partial charge in [-0.05, 0) is 80.3 Å². The maximum Gasteiger partial charge on any atom is 0.141 e. The second-order valence-electron chi connectivity index (χ2n) is 16.9. The maximum atomic E-state index is 5.25. The van der Waals surface area contributed by atoms with Crippen LogP contribution in [0.5, 0.6) is 0 Å². The van der Waals surface area contributed by atoms with Crippen molar-refractivity contribution in [2.45, 2.75) is 77.5 Å². The van der Waals surface area contributed by atoms with E-state index in [1.54, 1.807) is 0 Å². The second-order valence-corrected chi connectivity index (χ2v) is 16.9. The van der Waals surface area contributed by atoms with E-state index in [1.807, 2.05) is 0 Å². The van der Waals surface area contributed by atoms with Crippen molar-refractivity contribution in [2.24, 2.45) is 0 Å². The molecule has 0 bridgehead atoms. The van der Waals surface area contributed by atoms with E-state index in [0.717, 1.165) is 85.7 Å². The Kier molecular flexibility index (Phi) is 10.3. The van der Waals surface area contributed by atoms with Crippen molar-refractivity contribution in [3.05, 3.63) is 170 Å². The van der Waals surface area contributed by atoms with Crippen molar-refractivity contribution in [3.63, 3.8) is 0 Å². The molecule has 0 saturated heterocycles. The molecule has 4 aromatic heterocycles. The van der Waals surface area contributed by atoms with Crippen molar-refractivity contribution in [2.75, 3.05) is 0 Å². The molecule has 0 atom stereocenters. The van der Waals surface area contributed by atoms with Gasteiger partial charge in [0.2, 0.25) is 0 Å². The number of hydrogen-bond acceptors (Lipinski definition) is 2. The van der Waals surface area contributed by atoms with E-state index < -0.39 is 0 Å². The Balaban J connectivity index is 0.777. The molecule has 0 aliphatic rings. The first-order valence-electron chi connectivity index (χ1n) is 22.7. The quantitative estimate of drug-likeness (QED) is 0.0913. The molecule has 6 nitrogen and oxygen atoms in total. The number of benzene rings is 7. The number of hydrogen-bond donors (Lipinski definition) is 0. The van der Waals surface area contributed by atoms with Gasteiger partial charge in [0.25, 0.3) is 0 Å². The Labute approximate surface area is 362 Å². The third-order valence-corrected chi connectivity index (χ3v) is 13.1. The average Bonchev–Trinajstić information content (AvgIpc) is 4.07. The fourth-order valence-electron chi connectivity index (χ4n) is 10.1. The molecule has 11 aromatic rings. The van der Waals surface area contributed by atoms with Crippen LogP contribution in [0.25, 0.3) is 88.5 Å². The predicted molar refractivity (Wildman–Crippen MR) is 260 cm³/mol. The van der Waals surface area contributed by atoms with Crippen molar-refractivity contribution < 1.29 is 0 Å². The zero-order valence-corrected chi connectivity index (χ0v) is 35.3. The van der Waals surface area contributed by atoms with E-state index >= 15 is 0 Å². The summed E-state index contributed by atoms with van der Waals surface area (Å²) in [5, 5.41) is 5.40. The zero-order valence-electron chi connectivity index (χ0n) is 35.3. The third kappa shape index (κ3) is 7.03. The monoisotopic (exact) mass is 808 g/mol. The predicted octanol–water partition coefficient (Wildman–Crippen LogP) is 14.5. The van der Waals surface area contributed by atoms with Crippen LogP contribution >= 0.6 is 0 Å². The average molecular weight is 809 g/mol. The lowest BCUT2D eigenvalue weighted by molar-refractivity contribution is 0.555. The van der Waals surface area contributed by atoms with E-state index in [0.29, 0.717) is 0 Å². The van der Waals surface area contributed by atoms with Crippen LogP contribution in [0, 0.1) is 0 Å². The summed E-state index contributed by atoms with van der Waals surface area (Å²) in [6.07, 6.45) is 9.26. The Morgan fingerprint density at radius 3 is 0.952 bits per heavy atom. The van der Waals surface area contributed by atoms with Crippen molar-refractivity contribution in [1.82, 2.24) is 28.2 Å². The summed E-state index contributed by atoms with van der Waals surface area (Å²) in [7, 11) is 0. The Morgan fingerprint density at radius 2 is 0.581 bits per heavy atom. The van der Waals surface area contributed by atoms with Gasteiger partial charge in [-0.2, -0.15) is 0 Å². The Morgan fingerprint density at radius 1 is 0.274 bits per heavy atom. The SMILES string of the molecule is c1cc(-c2nc3ccccc3n2CCCCCCn2c3ccccc3c3ccccc32)cc(-c2nc3ccccc3n2CCCCCCn2c3ccccc3c3ccccc32)c1. The van der Waals surface area contributed by atoms with Crippen molar-refractivity contribution in [3.8, 4) is 22.8 Å². The number of imidazole rings is 2. The minimum absolute atomic E-state index is 0.935. The highest BCUT2D eigenvalue weighted by Crippen LogP contribution is 2.33. The van der Waals surface area contributed by atoms with E-state index in [1.165, 1.54) is 80.3 Å². The van der Waals surface area contributed by atoms with Gasteiger partial charge in [-0.3, -0.25) is 0 Å². The number of nitrogens with zero attached hydrogens (tertiary/aromatic N) is 6. The molecule has 11 rings (SSSR count). The first-order valence-corrected chi connectivity index (χ1v) is 22.7. The van der Waals surface area contributed by atoms with Gasteiger partial charge in [0.1, 0.15) is 11.6 Å².